The molecule has 0 heterocycles. The molecule has 0 fully saturated rings. The molecule has 0 spiro atoms. The van der Waals surface area contributed by atoms with Gasteiger partial charge in [-0.05, 0) is 0 Å². The molecule has 0 unspecified atom stereocenters. The van der Waals surface area contributed by atoms with Crippen LogP contribution < -0.4 is 5.84 Å². The van der Waals surface area contributed by atoms with Crippen LogP contribution in [0.2, 0.25) is 0 Å². The average Bonchev–Trinajstić information content (AvgIpc) is 1.82. The number of thiol groups is 1. The molecule has 0 aliphatic rings. The van der Waals surface area contributed by atoms with Crippen molar-refractivity contribution in [2.45, 2.75) is 0 Å². The van der Waals surface area contributed by atoms with Gasteiger partial charge in [0.05, 0.1) is 0 Å². The van der Waals surface area contributed by atoms with Crippen LogP contribution in [0, 0.1) is 0 Å². The number of hydrogen-bond donors (Lipinski definition) is 2. The van der Waals surface area contributed by atoms with E-state index >= 15 is 0 Å². The van der Waals surface area contributed by atoms with Crippen LogP contribution in [0.1, 0.15) is 0 Å². The summed E-state index contributed by atoms with van der Waals surface area (Å²) in [5.41, 5.74) is 0. The molecule has 0 aromatic heterocycles. The van der Waals surface area contributed by atoms with Crippen molar-refractivity contribution in [2.75, 3.05) is 0 Å². The van der Waals surface area contributed by atoms with Crippen LogP contribution in [0.4, 0.5) is 4.79 Å². The molecule has 0 saturated carbocycles. The minimum absolute atomic E-state index is 0.162. The maximum absolute atomic E-state index is 10.4. The van der Waals surface area contributed by atoms with Gasteiger partial charge in [-0.25, -0.2) is 0 Å². The van der Waals surface area contributed by atoms with Crippen LogP contribution in [0.3, 0.4) is 0 Å². The summed E-state index contributed by atoms with van der Waals surface area (Å²) in [6.45, 7) is 0. The van der Waals surface area contributed by atoms with Gasteiger partial charge in [0.2, 0.25) is 0 Å². The first kappa shape index (κ1) is 9.58. The van der Waals surface area contributed by atoms with Gasteiger partial charge in [-0.3, -0.25) is 0 Å². The summed E-state index contributed by atoms with van der Waals surface area (Å²) in [6.07, 6.45) is 0. The monoisotopic (exact) mass is 202 g/mol. The van der Waals surface area contributed by atoms with Gasteiger partial charge in [0.25, 0.3) is 0 Å². The van der Waals surface area contributed by atoms with Crippen LogP contribution in [0.25, 0.3) is 0 Å². The standard InChI is InChI=1S/CH3N2O2PS3/c2-3(7)1(4)8-9-6-5/h7H,2H2. The summed E-state index contributed by atoms with van der Waals surface area (Å²) >= 11 is 3.49. The summed E-state index contributed by atoms with van der Waals surface area (Å²) in [6, 6.07) is 0. The van der Waals surface area contributed by atoms with Gasteiger partial charge < -0.3 is 0 Å². The second kappa shape index (κ2) is 5.37. The third kappa shape index (κ3) is 5.05. The summed E-state index contributed by atoms with van der Waals surface area (Å²) < 4.78 is 10.4. The zero-order chi connectivity index (χ0) is 7.28. The third-order valence-electron chi connectivity index (χ3n) is 0.326. The number of hydrazine groups is 1. The van der Waals surface area contributed by atoms with E-state index in [1.54, 1.807) is 0 Å². The van der Waals surface area contributed by atoms with E-state index in [0.717, 1.165) is 20.6 Å². The molecule has 0 aromatic carbocycles. The quantitative estimate of drug-likeness (QED) is 0.157. The number of carbonyl (C=O) groups excluding carboxylic acids is 1. The van der Waals surface area contributed by atoms with Crippen molar-refractivity contribution < 1.29 is 9.36 Å². The molecule has 0 atom stereocenters. The van der Waals surface area contributed by atoms with E-state index in [1.807, 2.05) is 0 Å². The SMILES string of the molecule is NN(S)C(=O)SS#P=O. The zero-order valence-corrected chi connectivity index (χ0v) is 7.47. The second-order valence-electron chi connectivity index (χ2n) is 0.843. The zero-order valence-electron chi connectivity index (χ0n) is 4.05. The molecular weight excluding hydrogens is 199 g/mol. The van der Waals surface area contributed by atoms with Gasteiger partial charge in [0, 0.05) is 0 Å². The Morgan fingerprint density at radius 3 is 2.67 bits per heavy atom. The van der Waals surface area contributed by atoms with Gasteiger partial charge in [-0.2, -0.15) is 0 Å². The molecule has 4 nitrogen and oxygen atoms in total. The number of nitrogens with zero attached hydrogens (tertiary/aromatic N) is 1. The Morgan fingerprint density at radius 1 is 1.78 bits per heavy atom. The first-order chi connectivity index (χ1) is 4.18. The van der Waals surface area contributed by atoms with Gasteiger partial charge in [-0.15, -0.1) is 0 Å². The van der Waals surface area contributed by atoms with Crippen molar-refractivity contribution in [1.29, 1.82) is 0 Å². The van der Waals surface area contributed by atoms with E-state index in [1.165, 1.54) is 0 Å². The fourth-order valence-corrected chi connectivity index (χ4v) is 1.92. The van der Waals surface area contributed by atoms with E-state index in [-0.39, 0.29) is 7.03 Å². The van der Waals surface area contributed by atoms with Gasteiger partial charge in [0.1, 0.15) is 0 Å². The first-order valence-corrected chi connectivity index (χ1v) is 5.59. The van der Waals surface area contributed by atoms with Crippen LogP contribution >= 0.6 is 40.4 Å². The summed E-state index contributed by atoms with van der Waals surface area (Å²) in [7, 11) is 1.46. The molecule has 0 aromatic rings. The van der Waals surface area contributed by atoms with E-state index in [9.17, 15) is 9.36 Å². The fourth-order valence-electron chi connectivity index (χ4n) is 0.0853. The summed E-state index contributed by atoms with van der Waals surface area (Å²) in [5.74, 6) is 4.89. The summed E-state index contributed by atoms with van der Waals surface area (Å²) in [5, 5.41) is -0.452. The third-order valence-corrected chi connectivity index (χ3v) is 3.17. The molecule has 2 N–H and O–H groups in total. The predicted octanol–water partition coefficient (Wildman–Crippen LogP) is 1.71. The minimum atomic E-state index is -0.452. The fraction of sp³-hybridized carbons (Fsp3) is 0. The molecule has 52 valence electrons. The van der Waals surface area contributed by atoms with E-state index < -0.39 is 5.24 Å². The van der Waals surface area contributed by atoms with Crippen molar-refractivity contribution in [3.63, 3.8) is 0 Å². The predicted molar refractivity (Wildman–Crippen MR) is 43.2 cm³/mol. The molecule has 0 radical (unpaired) electrons. The topological polar surface area (TPSA) is 63.4 Å². The van der Waals surface area contributed by atoms with E-state index in [2.05, 4.69) is 12.8 Å². The second-order valence-corrected chi connectivity index (χ2v) is 4.82. The van der Waals surface area contributed by atoms with Crippen LogP contribution in [-0.2, 0) is 4.57 Å². The van der Waals surface area contributed by atoms with E-state index in [0.29, 0.717) is 4.41 Å². The Bertz CT molecular complexity index is 197. The Hall–Kier alpha value is 0.580. The Morgan fingerprint density at radius 2 is 2.33 bits per heavy atom. The number of amides is 1. The van der Waals surface area contributed by atoms with Crippen molar-refractivity contribution in [3.8, 4) is 0 Å². The van der Waals surface area contributed by atoms with Crippen molar-refractivity contribution in [1.82, 2.24) is 4.41 Å². The number of carbonyl (C=O) groups is 1. The van der Waals surface area contributed by atoms with Crippen molar-refractivity contribution >= 4 is 45.7 Å². The Kier molecular flexibility index (Phi) is 5.72. The molecule has 0 rings (SSSR count). The molecule has 0 aliphatic carbocycles. The van der Waals surface area contributed by atoms with Gasteiger partial charge >= 0.3 is 65.3 Å². The van der Waals surface area contributed by atoms with Crippen LogP contribution in [-0.4, -0.2) is 9.65 Å². The maximum atomic E-state index is 10.4. The van der Waals surface area contributed by atoms with Crippen LogP contribution in [0.5, 0.6) is 0 Å². The molecule has 0 bridgehead atoms. The normalized spacial score (nSPS) is 8.22. The summed E-state index contributed by atoms with van der Waals surface area (Å²) in [4.78, 5) is 10.4. The molecule has 9 heavy (non-hydrogen) atoms. The Labute approximate surface area is 65.5 Å². The molecule has 8 heteroatoms. The Balaban J connectivity index is 3.73. The first-order valence-electron chi connectivity index (χ1n) is 1.62. The number of hydrogen-bond acceptors (Lipinski definition) is 5. The molecule has 0 saturated heterocycles. The molecular formula is CH3N2O2PS3. The van der Waals surface area contributed by atoms with Crippen molar-refractivity contribution in [3.05, 3.63) is 0 Å². The van der Waals surface area contributed by atoms with Crippen LogP contribution in [0.15, 0.2) is 0 Å². The van der Waals surface area contributed by atoms with Gasteiger partial charge in [-0.1, -0.05) is 0 Å². The van der Waals surface area contributed by atoms with E-state index in [4.69, 9.17) is 5.84 Å². The van der Waals surface area contributed by atoms with Crippen molar-refractivity contribution in [2.24, 2.45) is 5.84 Å². The number of rotatable bonds is 0. The average molecular weight is 202 g/mol. The van der Waals surface area contributed by atoms with Gasteiger partial charge in [0.15, 0.2) is 0 Å². The molecule has 0 aliphatic heterocycles. The molecule has 1 amide bonds. The number of nitrogens with two attached hydrogens (primary N) is 1.